The fourth-order valence-corrected chi connectivity index (χ4v) is 4.09. The van der Waals surface area contributed by atoms with Crippen molar-refractivity contribution in [1.82, 2.24) is 9.29 Å². The van der Waals surface area contributed by atoms with Crippen LogP contribution in [0.4, 0.5) is 5.69 Å². The van der Waals surface area contributed by atoms with Crippen LogP contribution in [0.2, 0.25) is 0 Å². The van der Waals surface area contributed by atoms with Gasteiger partial charge in [-0.3, -0.25) is 4.79 Å². The SMILES string of the molecule is C[C@H](Sc1ccc(S(=O)(=O)N(C)C)cn1)C(=O)N(CCC#N)c1ccccc1. The summed E-state index contributed by atoms with van der Waals surface area (Å²) in [6.07, 6.45) is 1.52. The molecule has 1 aromatic carbocycles. The third-order valence-corrected chi connectivity index (χ3v) is 6.75. The number of rotatable bonds is 8. The summed E-state index contributed by atoms with van der Waals surface area (Å²) in [6.45, 7) is 2.07. The Kier molecular flexibility index (Phi) is 7.57. The average Bonchev–Trinajstić information content (AvgIpc) is 2.69. The highest BCUT2D eigenvalue weighted by Gasteiger charge is 2.24. The zero-order valence-corrected chi connectivity index (χ0v) is 17.6. The second-order valence-corrected chi connectivity index (χ2v) is 9.63. The van der Waals surface area contributed by atoms with Crippen molar-refractivity contribution in [3.05, 3.63) is 48.7 Å². The Morgan fingerprint density at radius 2 is 1.89 bits per heavy atom. The van der Waals surface area contributed by atoms with Crippen molar-refractivity contribution in [3.8, 4) is 6.07 Å². The normalized spacial score (nSPS) is 12.4. The number of nitrogens with zero attached hydrogens (tertiary/aromatic N) is 4. The smallest absolute Gasteiger partial charge is 0.244 e. The molecule has 0 aliphatic heterocycles. The van der Waals surface area contributed by atoms with Crippen molar-refractivity contribution in [2.45, 2.75) is 28.5 Å². The van der Waals surface area contributed by atoms with E-state index < -0.39 is 15.3 Å². The van der Waals surface area contributed by atoms with Gasteiger partial charge in [0.25, 0.3) is 0 Å². The fourth-order valence-electron chi connectivity index (χ4n) is 2.39. The molecule has 2 rings (SSSR count). The number of anilines is 1. The molecule has 7 nitrogen and oxygen atoms in total. The number of benzene rings is 1. The van der Waals surface area contributed by atoms with Crippen LogP contribution in [0.5, 0.6) is 0 Å². The van der Waals surface area contributed by atoms with Gasteiger partial charge in [0.15, 0.2) is 0 Å². The molecule has 0 aliphatic carbocycles. The van der Waals surface area contributed by atoms with E-state index in [4.69, 9.17) is 5.26 Å². The first-order chi connectivity index (χ1) is 13.3. The van der Waals surface area contributed by atoms with Crippen LogP contribution in [-0.4, -0.2) is 49.5 Å². The third kappa shape index (κ3) is 5.32. The lowest BCUT2D eigenvalue weighted by Gasteiger charge is -2.24. The molecule has 9 heteroatoms. The summed E-state index contributed by atoms with van der Waals surface area (Å²) < 4.78 is 25.3. The van der Waals surface area contributed by atoms with E-state index in [1.54, 1.807) is 17.9 Å². The molecule has 0 aliphatic rings. The Bertz CT molecular complexity index is 939. The van der Waals surface area contributed by atoms with Gasteiger partial charge in [-0.1, -0.05) is 30.0 Å². The second kappa shape index (κ2) is 9.68. The van der Waals surface area contributed by atoms with Gasteiger partial charge in [-0.2, -0.15) is 5.26 Å². The molecule has 0 saturated carbocycles. The number of thioether (sulfide) groups is 1. The monoisotopic (exact) mass is 418 g/mol. The molecular formula is C19H22N4O3S2. The van der Waals surface area contributed by atoms with Gasteiger partial charge in [0.05, 0.1) is 22.8 Å². The highest BCUT2D eigenvalue weighted by molar-refractivity contribution is 8.00. The number of sulfonamides is 1. The predicted molar refractivity (Wildman–Crippen MR) is 109 cm³/mol. The molecule has 148 valence electrons. The maximum absolute atomic E-state index is 12.9. The fraction of sp³-hybridized carbons (Fsp3) is 0.316. The minimum Gasteiger partial charge on any atom is -0.310 e. The van der Waals surface area contributed by atoms with Crippen molar-refractivity contribution < 1.29 is 13.2 Å². The summed E-state index contributed by atoms with van der Waals surface area (Å²) in [4.78, 5) is 18.8. The Hall–Kier alpha value is -2.41. The van der Waals surface area contributed by atoms with Crippen LogP contribution in [0.1, 0.15) is 13.3 Å². The van der Waals surface area contributed by atoms with Crippen LogP contribution in [-0.2, 0) is 14.8 Å². The maximum Gasteiger partial charge on any atom is 0.244 e. The Balaban J connectivity index is 2.15. The van der Waals surface area contributed by atoms with Crippen molar-refractivity contribution in [2.24, 2.45) is 0 Å². The lowest BCUT2D eigenvalue weighted by Crippen LogP contribution is -2.37. The van der Waals surface area contributed by atoms with Crippen LogP contribution in [0.3, 0.4) is 0 Å². The zero-order valence-electron chi connectivity index (χ0n) is 15.9. The molecule has 1 heterocycles. The summed E-state index contributed by atoms with van der Waals surface area (Å²) in [5.74, 6) is -0.141. The molecule has 0 unspecified atom stereocenters. The molecule has 0 fully saturated rings. The Labute approximate surface area is 170 Å². The van der Waals surface area contributed by atoms with Crippen LogP contribution in [0.15, 0.2) is 58.6 Å². The summed E-state index contributed by atoms with van der Waals surface area (Å²) in [5.41, 5.74) is 0.732. The number of amides is 1. The lowest BCUT2D eigenvalue weighted by molar-refractivity contribution is -0.117. The molecule has 0 bridgehead atoms. The van der Waals surface area contributed by atoms with Crippen molar-refractivity contribution in [1.29, 1.82) is 5.26 Å². The molecule has 1 amide bonds. The Morgan fingerprint density at radius 3 is 2.43 bits per heavy atom. The molecule has 0 spiro atoms. The maximum atomic E-state index is 12.9. The molecule has 0 N–H and O–H groups in total. The summed E-state index contributed by atoms with van der Waals surface area (Å²) in [5, 5.41) is 8.98. The zero-order chi connectivity index (χ0) is 20.7. The molecule has 1 aromatic heterocycles. The topological polar surface area (TPSA) is 94.4 Å². The molecule has 0 radical (unpaired) electrons. The highest BCUT2D eigenvalue weighted by Crippen LogP contribution is 2.26. The number of hydrogen-bond acceptors (Lipinski definition) is 6. The first kappa shape index (κ1) is 21.9. The number of aromatic nitrogens is 1. The molecule has 1 atom stereocenters. The van der Waals surface area contributed by atoms with Gasteiger partial charge in [-0.15, -0.1) is 0 Å². The number of para-hydroxylation sites is 1. The summed E-state index contributed by atoms with van der Waals surface area (Å²) >= 11 is 1.24. The van der Waals surface area contributed by atoms with E-state index in [1.807, 2.05) is 30.3 Å². The van der Waals surface area contributed by atoms with Crippen molar-refractivity contribution in [3.63, 3.8) is 0 Å². The van der Waals surface area contributed by atoms with Gasteiger partial charge >= 0.3 is 0 Å². The standard InChI is InChI=1S/C19H22N4O3S2/c1-15(19(24)23(13-7-12-20)16-8-5-4-6-9-16)27-18-11-10-17(14-21-18)28(25,26)22(2)3/h4-6,8-11,14-15H,7,13H2,1-3H3/t15-/m0/s1. The second-order valence-electron chi connectivity index (χ2n) is 6.11. The van der Waals surface area contributed by atoms with Gasteiger partial charge in [-0.05, 0) is 31.2 Å². The van der Waals surface area contributed by atoms with Crippen LogP contribution in [0.25, 0.3) is 0 Å². The first-order valence-electron chi connectivity index (χ1n) is 8.56. The highest BCUT2D eigenvalue weighted by atomic mass is 32.2. The van der Waals surface area contributed by atoms with Gasteiger partial charge in [0.1, 0.15) is 4.90 Å². The van der Waals surface area contributed by atoms with Crippen LogP contribution >= 0.6 is 11.8 Å². The number of carbonyl (C=O) groups excluding carboxylic acids is 1. The lowest BCUT2D eigenvalue weighted by atomic mass is 10.2. The predicted octanol–water partition coefficient (Wildman–Crippen LogP) is 2.76. The van der Waals surface area contributed by atoms with Gasteiger partial charge < -0.3 is 4.90 Å². The van der Waals surface area contributed by atoms with Gasteiger partial charge in [-0.25, -0.2) is 17.7 Å². The van der Waals surface area contributed by atoms with Crippen LogP contribution in [0, 0.1) is 11.3 Å². The first-order valence-corrected chi connectivity index (χ1v) is 10.9. The van der Waals surface area contributed by atoms with E-state index >= 15 is 0 Å². The quantitative estimate of drug-likeness (QED) is 0.612. The minimum atomic E-state index is -3.54. The molecule has 28 heavy (non-hydrogen) atoms. The van der Waals surface area contributed by atoms with E-state index in [1.165, 1.54) is 38.1 Å². The van der Waals surface area contributed by atoms with E-state index in [0.717, 1.165) is 9.99 Å². The number of pyridine rings is 1. The minimum absolute atomic E-state index is 0.0979. The largest absolute Gasteiger partial charge is 0.310 e. The van der Waals surface area contributed by atoms with E-state index in [-0.39, 0.29) is 17.2 Å². The Morgan fingerprint density at radius 1 is 1.21 bits per heavy atom. The molecular weight excluding hydrogens is 396 g/mol. The van der Waals surface area contributed by atoms with E-state index in [0.29, 0.717) is 11.6 Å². The van der Waals surface area contributed by atoms with Gasteiger partial charge in [0.2, 0.25) is 15.9 Å². The molecule has 2 aromatic rings. The summed E-state index contributed by atoms with van der Waals surface area (Å²) in [6, 6.07) is 14.3. The van der Waals surface area contributed by atoms with E-state index in [9.17, 15) is 13.2 Å². The van der Waals surface area contributed by atoms with Crippen LogP contribution < -0.4 is 4.90 Å². The number of nitriles is 1. The summed E-state index contributed by atoms with van der Waals surface area (Å²) in [7, 11) is -0.629. The van der Waals surface area contributed by atoms with Crippen molar-refractivity contribution >= 4 is 33.4 Å². The molecule has 0 saturated heterocycles. The van der Waals surface area contributed by atoms with Gasteiger partial charge in [0, 0.05) is 32.5 Å². The van der Waals surface area contributed by atoms with Crippen molar-refractivity contribution in [2.75, 3.05) is 25.5 Å². The average molecular weight is 419 g/mol. The third-order valence-electron chi connectivity index (χ3n) is 3.91. The number of carbonyl (C=O) groups is 1. The van der Waals surface area contributed by atoms with E-state index in [2.05, 4.69) is 11.1 Å². The number of hydrogen-bond donors (Lipinski definition) is 0.